The number of para-hydroxylation sites is 1. The average molecular weight is 259 g/mol. The van der Waals surface area contributed by atoms with Gasteiger partial charge in [-0.1, -0.05) is 35.3 Å². The van der Waals surface area contributed by atoms with Gasteiger partial charge in [-0.2, -0.15) is 0 Å². The van der Waals surface area contributed by atoms with E-state index >= 15 is 0 Å². The third kappa shape index (κ3) is 1.86. The Morgan fingerprint density at radius 1 is 1.44 bits per heavy atom. The minimum atomic E-state index is -0.472. The van der Waals surface area contributed by atoms with Gasteiger partial charge in [-0.15, -0.1) is 0 Å². The van der Waals surface area contributed by atoms with Crippen molar-refractivity contribution in [1.82, 2.24) is 5.32 Å². The van der Waals surface area contributed by atoms with Crippen molar-refractivity contribution in [3.8, 4) is 0 Å². The summed E-state index contributed by atoms with van der Waals surface area (Å²) >= 11 is 11.8. The van der Waals surface area contributed by atoms with Gasteiger partial charge in [-0.25, -0.2) is 0 Å². The highest BCUT2D eigenvalue weighted by Crippen LogP contribution is 2.38. The van der Waals surface area contributed by atoms with Crippen molar-refractivity contribution in [2.75, 3.05) is 6.54 Å². The van der Waals surface area contributed by atoms with Crippen molar-refractivity contribution in [1.29, 1.82) is 0 Å². The molecule has 2 rings (SSSR count). The van der Waals surface area contributed by atoms with Gasteiger partial charge in [-0.3, -0.25) is 10.1 Å². The van der Waals surface area contributed by atoms with Crippen LogP contribution in [0.4, 0.5) is 5.69 Å². The maximum atomic E-state index is 10.9. The molecule has 4 nitrogen and oxygen atoms in total. The maximum Gasteiger partial charge on any atom is 0.291 e. The second-order valence-electron chi connectivity index (χ2n) is 3.42. The van der Waals surface area contributed by atoms with Crippen LogP contribution < -0.4 is 5.32 Å². The third-order valence-electron chi connectivity index (χ3n) is 2.47. The summed E-state index contributed by atoms with van der Waals surface area (Å²) in [5.41, 5.74) is 0.480. The van der Waals surface area contributed by atoms with Gasteiger partial charge in [0.15, 0.2) is 0 Å². The predicted octanol–water partition coefficient (Wildman–Crippen LogP) is 3.02. The zero-order valence-electron chi connectivity index (χ0n) is 8.11. The van der Waals surface area contributed by atoms with Crippen LogP contribution in [0.1, 0.15) is 11.5 Å². The monoisotopic (exact) mass is 258 g/mol. The lowest BCUT2D eigenvalue weighted by molar-refractivity contribution is -0.385. The standard InChI is InChI=1S/C10H8Cl2N2O2/c11-8-3-1-2-6(10(8)14(15)16)7-4-13-5-9(7)12/h1-3,5,7,13H,4H2. The second-order valence-corrected chi connectivity index (χ2v) is 4.27. The number of nitrogens with one attached hydrogen (secondary N) is 1. The first kappa shape index (κ1) is 11.2. The van der Waals surface area contributed by atoms with Crippen molar-refractivity contribution >= 4 is 28.9 Å². The molecule has 0 radical (unpaired) electrons. The Bertz CT molecular complexity index is 474. The van der Waals surface area contributed by atoms with Gasteiger partial charge in [0.05, 0.1) is 4.92 Å². The average Bonchev–Trinajstić information content (AvgIpc) is 2.63. The number of nitro groups is 1. The molecule has 0 saturated heterocycles. The van der Waals surface area contributed by atoms with E-state index in [-0.39, 0.29) is 16.6 Å². The third-order valence-corrected chi connectivity index (χ3v) is 3.15. The molecule has 0 spiro atoms. The first-order chi connectivity index (χ1) is 7.61. The Morgan fingerprint density at radius 3 is 2.75 bits per heavy atom. The molecule has 1 atom stereocenters. The Balaban J connectivity index is 2.52. The summed E-state index contributed by atoms with van der Waals surface area (Å²) in [6.07, 6.45) is 1.65. The van der Waals surface area contributed by atoms with Crippen LogP contribution in [-0.2, 0) is 0 Å². The van der Waals surface area contributed by atoms with Crippen molar-refractivity contribution in [3.63, 3.8) is 0 Å². The fraction of sp³-hybridized carbons (Fsp3) is 0.200. The Morgan fingerprint density at radius 2 is 2.19 bits per heavy atom. The zero-order chi connectivity index (χ0) is 11.7. The van der Waals surface area contributed by atoms with Crippen LogP contribution >= 0.6 is 23.2 Å². The minimum Gasteiger partial charge on any atom is -0.389 e. The molecule has 16 heavy (non-hydrogen) atoms. The molecule has 1 aliphatic rings. The van der Waals surface area contributed by atoms with Crippen LogP contribution in [0.15, 0.2) is 29.4 Å². The molecular formula is C10H8Cl2N2O2. The van der Waals surface area contributed by atoms with E-state index in [1.54, 1.807) is 18.3 Å². The summed E-state index contributed by atoms with van der Waals surface area (Å²) in [5.74, 6) is -0.194. The van der Waals surface area contributed by atoms with Gasteiger partial charge >= 0.3 is 0 Å². The van der Waals surface area contributed by atoms with Crippen molar-refractivity contribution < 1.29 is 4.92 Å². The van der Waals surface area contributed by atoms with Gasteiger partial charge in [0.2, 0.25) is 0 Å². The van der Waals surface area contributed by atoms with Crippen LogP contribution in [0.25, 0.3) is 0 Å². The normalized spacial score (nSPS) is 19.1. The SMILES string of the molecule is O=[N+]([O-])c1c(Cl)cccc1C1CNC=C1Cl. The summed E-state index contributed by atoms with van der Waals surface area (Å²) in [4.78, 5) is 10.5. The van der Waals surface area contributed by atoms with E-state index < -0.39 is 4.92 Å². The smallest absolute Gasteiger partial charge is 0.291 e. The van der Waals surface area contributed by atoms with E-state index in [4.69, 9.17) is 23.2 Å². The van der Waals surface area contributed by atoms with Crippen molar-refractivity contribution in [3.05, 3.63) is 50.1 Å². The number of hydrogen-bond acceptors (Lipinski definition) is 3. The van der Waals surface area contributed by atoms with E-state index in [2.05, 4.69) is 5.32 Å². The van der Waals surface area contributed by atoms with Gasteiger partial charge in [0, 0.05) is 29.3 Å². The number of nitro benzene ring substituents is 1. The molecule has 84 valence electrons. The van der Waals surface area contributed by atoms with Crippen LogP contribution in [0.3, 0.4) is 0 Å². The largest absolute Gasteiger partial charge is 0.389 e. The molecule has 1 N–H and O–H groups in total. The van der Waals surface area contributed by atoms with Gasteiger partial charge < -0.3 is 5.32 Å². The van der Waals surface area contributed by atoms with E-state index in [0.717, 1.165) is 0 Å². The van der Waals surface area contributed by atoms with Gasteiger partial charge in [0.1, 0.15) is 5.02 Å². The summed E-state index contributed by atoms with van der Waals surface area (Å²) < 4.78 is 0. The van der Waals surface area contributed by atoms with Crippen LogP contribution in [0.2, 0.25) is 5.02 Å². The lowest BCUT2D eigenvalue weighted by Gasteiger charge is -2.11. The fourth-order valence-electron chi connectivity index (χ4n) is 1.74. The van der Waals surface area contributed by atoms with E-state index in [1.807, 2.05) is 0 Å². The molecule has 6 heteroatoms. The number of nitrogens with zero attached hydrogens (tertiary/aromatic N) is 1. The first-order valence-corrected chi connectivity index (χ1v) is 5.38. The van der Waals surface area contributed by atoms with Crippen LogP contribution in [-0.4, -0.2) is 11.5 Å². The van der Waals surface area contributed by atoms with Gasteiger partial charge in [-0.05, 0) is 6.07 Å². The zero-order valence-corrected chi connectivity index (χ0v) is 9.63. The molecular weight excluding hydrogens is 251 g/mol. The summed E-state index contributed by atoms with van der Waals surface area (Å²) in [7, 11) is 0. The fourth-order valence-corrected chi connectivity index (χ4v) is 2.26. The summed E-state index contributed by atoms with van der Waals surface area (Å²) in [6.45, 7) is 0.556. The number of halogens is 2. The topological polar surface area (TPSA) is 55.2 Å². The minimum absolute atomic E-state index is 0.0654. The van der Waals surface area contributed by atoms with Gasteiger partial charge in [0.25, 0.3) is 5.69 Å². The second kappa shape index (κ2) is 4.31. The predicted molar refractivity (Wildman–Crippen MR) is 62.8 cm³/mol. The molecule has 1 aromatic carbocycles. The highest BCUT2D eigenvalue weighted by atomic mass is 35.5. The first-order valence-electron chi connectivity index (χ1n) is 4.63. The van der Waals surface area contributed by atoms with Crippen molar-refractivity contribution in [2.24, 2.45) is 0 Å². The molecule has 1 aromatic rings. The number of benzene rings is 1. The number of rotatable bonds is 2. The lowest BCUT2D eigenvalue weighted by atomic mass is 9.98. The molecule has 0 amide bonds. The molecule has 0 bridgehead atoms. The van der Waals surface area contributed by atoms with Crippen LogP contribution in [0, 0.1) is 10.1 Å². The van der Waals surface area contributed by atoms with Crippen molar-refractivity contribution in [2.45, 2.75) is 5.92 Å². The van der Waals surface area contributed by atoms with E-state index in [1.165, 1.54) is 6.07 Å². The van der Waals surface area contributed by atoms with Crippen LogP contribution in [0.5, 0.6) is 0 Å². The molecule has 0 fully saturated rings. The van der Waals surface area contributed by atoms with E-state index in [9.17, 15) is 10.1 Å². The molecule has 0 saturated carbocycles. The Kier molecular flexibility index (Phi) is 3.03. The Labute approximate surface area is 102 Å². The maximum absolute atomic E-state index is 10.9. The summed E-state index contributed by atoms with van der Waals surface area (Å²) in [6, 6.07) is 4.87. The number of hydrogen-bond donors (Lipinski definition) is 1. The highest BCUT2D eigenvalue weighted by Gasteiger charge is 2.28. The molecule has 1 aliphatic heterocycles. The summed E-state index contributed by atoms with van der Waals surface area (Å²) in [5, 5.41) is 14.6. The van der Waals surface area contributed by atoms with E-state index in [0.29, 0.717) is 17.1 Å². The molecule has 0 aliphatic carbocycles. The Hall–Kier alpha value is -1.26. The molecule has 1 heterocycles. The lowest BCUT2D eigenvalue weighted by Crippen LogP contribution is -2.10. The highest BCUT2D eigenvalue weighted by molar-refractivity contribution is 6.33. The quantitative estimate of drug-likeness (QED) is 0.656. The molecule has 1 unspecified atom stereocenters. The molecule has 0 aromatic heterocycles.